The zero-order valence-electron chi connectivity index (χ0n) is 20.5. The van der Waals surface area contributed by atoms with Crippen LogP contribution in [0.15, 0.2) is 59.6 Å². The zero-order chi connectivity index (χ0) is 25.8. The lowest BCUT2D eigenvalue weighted by Gasteiger charge is -2.15. The van der Waals surface area contributed by atoms with Crippen LogP contribution in [0.2, 0.25) is 0 Å². The average Bonchev–Trinajstić information content (AvgIpc) is 2.88. The number of halogens is 1. The van der Waals surface area contributed by atoms with Gasteiger partial charge in [0.25, 0.3) is 0 Å². The van der Waals surface area contributed by atoms with E-state index in [1.165, 1.54) is 0 Å². The largest absolute Gasteiger partial charge is 0.493 e. The second-order valence-corrected chi connectivity index (χ2v) is 8.87. The summed E-state index contributed by atoms with van der Waals surface area (Å²) in [4.78, 5) is 26.1. The Labute approximate surface area is 219 Å². The Hall–Kier alpha value is -4.17. The molecular weight excluding hydrogens is 490 g/mol. The van der Waals surface area contributed by atoms with Gasteiger partial charge in [0.05, 0.1) is 23.9 Å². The van der Waals surface area contributed by atoms with Crippen LogP contribution in [0, 0.1) is 0 Å². The summed E-state index contributed by atoms with van der Waals surface area (Å²) in [6.45, 7) is 2.31. The van der Waals surface area contributed by atoms with Gasteiger partial charge in [-0.15, -0.1) is 11.6 Å². The number of alkyl halides is 1. The smallest absolute Gasteiger partial charge is 0.224 e. The number of carbonyl (C=O) groups is 1. The molecule has 5 rings (SSSR count). The van der Waals surface area contributed by atoms with Crippen molar-refractivity contribution in [3.63, 3.8) is 0 Å². The first-order valence-electron chi connectivity index (χ1n) is 12.0. The van der Waals surface area contributed by atoms with Crippen molar-refractivity contribution in [2.24, 2.45) is 4.99 Å². The Bertz CT molecular complexity index is 1610. The molecule has 1 aliphatic rings. The molecule has 1 aliphatic heterocycles. The summed E-state index contributed by atoms with van der Waals surface area (Å²) in [7, 11) is 1.58. The molecule has 0 fully saturated rings. The summed E-state index contributed by atoms with van der Waals surface area (Å²) in [5, 5.41) is 9.16. The van der Waals surface area contributed by atoms with Crippen molar-refractivity contribution in [2.75, 3.05) is 30.2 Å². The number of fused-ring (bicyclic) bond motifs is 2. The van der Waals surface area contributed by atoms with Crippen LogP contribution in [0.3, 0.4) is 0 Å². The van der Waals surface area contributed by atoms with E-state index in [-0.39, 0.29) is 5.91 Å². The lowest BCUT2D eigenvalue weighted by atomic mass is 10.1. The number of hydrogen-bond donors (Lipinski definition) is 2. The minimum absolute atomic E-state index is 0.0279. The number of methoxy groups -OCH3 is 1. The standard InChI is InChI=1S/C28H26ClN5O3/c1-3-5-26(35)31-19-7-4-6-17(12-19)27-33-23-15-24(36-2)25(37-11-10-29)14-21(23)28(34-27)32-20-8-9-22-18(13-20)16-30-22/h4,6-9,12-16H,3,5,10-11H2,1-2H3,(H,31,35)(H,32,33,34). The van der Waals surface area contributed by atoms with Crippen LogP contribution in [-0.4, -0.2) is 35.5 Å². The highest BCUT2D eigenvalue weighted by Gasteiger charge is 2.16. The molecule has 4 aromatic rings. The Morgan fingerprint density at radius 2 is 1.92 bits per heavy atom. The first-order valence-corrected chi connectivity index (χ1v) is 12.6. The molecular formula is C28H26ClN5O3. The van der Waals surface area contributed by atoms with Crippen molar-refractivity contribution < 1.29 is 14.3 Å². The first kappa shape index (κ1) is 24.5. The number of carbonyl (C=O) groups excluding carboxylic acids is 1. The van der Waals surface area contributed by atoms with Gasteiger partial charge in [-0.05, 0) is 42.8 Å². The second kappa shape index (κ2) is 10.8. The van der Waals surface area contributed by atoms with Crippen LogP contribution in [0.25, 0.3) is 28.5 Å². The monoisotopic (exact) mass is 515 g/mol. The number of benzene rings is 3. The molecule has 0 spiro atoms. The van der Waals surface area contributed by atoms with E-state index in [9.17, 15) is 4.79 Å². The van der Waals surface area contributed by atoms with Gasteiger partial charge in [-0.25, -0.2) is 9.97 Å². The lowest BCUT2D eigenvalue weighted by molar-refractivity contribution is -0.116. The topological polar surface area (TPSA) is 97.7 Å². The van der Waals surface area contributed by atoms with Gasteiger partial charge in [-0.2, -0.15) is 0 Å². The maximum Gasteiger partial charge on any atom is 0.224 e. The molecule has 8 nitrogen and oxygen atoms in total. The fraction of sp³-hybridized carbons (Fsp3) is 0.214. The minimum atomic E-state index is -0.0279. The van der Waals surface area contributed by atoms with Gasteiger partial charge in [-0.3, -0.25) is 9.79 Å². The van der Waals surface area contributed by atoms with Crippen molar-refractivity contribution in [1.82, 2.24) is 9.97 Å². The van der Waals surface area contributed by atoms with Gasteiger partial charge in [0.2, 0.25) is 5.91 Å². The van der Waals surface area contributed by atoms with Gasteiger partial charge in [-0.1, -0.05) is 19.1 Å². The maximum absolute atomic E-state index is 12.1. The van der Waals surface area contributed by atoms with Crippen LogP contribution >= 0.6 is 11.6 Å². The maximum atomic E-state index is 12.1. The van der Waals surface area contributed by atoms with Crippen LogP contribution in [0.5, 0.6) is 11.5 Å². The van der Waals surface area contributed by atoms with Crippen molar-refractivity contribution in [3.8, 4) is 22.9 Å². The molecule has 2 heterocycles. The van der Waals surface area contributed by atoms with Crippen molar-refractivity contribution >= 4 is 51.8 Å². The highest BCUT2D eigenvalue weighted by Crippen LogP contribution is 2.36. The van der Waals surface area contributed by atoms with E-state index < -0.39 is 0 Å². The SMILES string of the molecule is CCCC(=O)Nc1cccc(-c2nc(Nc3ccc4c(c3)=CN=4)c3cc(OCCCl)c(OC)cc3n2)c1. The fourth-order valence-electron chi connectivity index (χ4n) is 4.03. The third-order valence-corrected chi connectivity index (χ3v) is 5.98. The van der Waals surface area contributed by atoms with Crippen molar-refractivity contribution in [3.05, 3.63) is 65.2 Å². The van der Waals surface area contributed by atoms with Crippen LogP contribution in [0.4, 0.5) is 17.2 Å². The van der Waals surface area contributed by atoms with E-state index in [1.54, 1.807) is 7.11 Å². The number of hydrogen-bond acceptors (Lipinski definition) is 7. The molecule has 188 valence electrons. The summed E-state index contributed by atoms with van der Waals surface area (Å²) in [5.74, 6) is 2.54. The van der Waals surface area contributed by atoms with Gasteiger partial charge < -0.3 is 20.1 Å². The molecule has 0 radical (unpaired) electrons. The highest BCUT2D eigenvalue weighted by molar-refractivity contribution is 6.18. The van der Waals surface area contributed by atoms with E-state index in [2.05, 4.69) is 15.6 Å². The van der Waals surface area contributed by atoms with E-state index in [0.717, 1.165) is 33.6 Å². The van der Waals surface area contributed by atoms with Crippen LogP contribution in [-0.2, 0) is 4.79 Å². The van der Waals surface area contributed by atoms with Gasteiger partial charge in [0.1, 0.15) is 12.4 Å². The van der Waals surface area contributed by atoms with E-state index in [0.29, 0.717) is 53.3 Å². The number of anilines is 3. The van der Waals surface area contributed by atoms with Crippen molar-refractivity contribution in [1.29, 1.82) is 0 Å². The fourth-order valence-corrected chi connectivity index (χ4v) is 4.11. The molecule has 1 amide bonds. The Morgan fingerprint density at radius 3 is 2.65 bits per heavy atom. The third kappa shape index (κ3) is 5.34. The molecule has 0 unspecified atom stereocenters. The molecule has 0 aliphatic carbocycles. The summed E-state index contributed by atoms with van der Waals surface area (Å²) in [6.07, 6.45) is 3.07. The molecule has 2 N–H and O–H groups in total. The number of aromatic nitrogens is 2. The summed E-state index contributed by atoms with van der Waals surface area (Å²) in [5.41, 5.74) is 3.01. The molecule has 0 bridgehead atoms. The highest BCUT2D eigenvalue weighted by atomic mass is 35.5. The van der Waals surface area contributed by atoms with Gasteiger partial charge in [0, 0.05) is 46.2 Å². The number of nitrogens with zero attached hydrogens (tertiary/aromatic N) is 3. The summed E-state index contributed by atoms with van der Waals surface area (Å²) < 4.78 is 11.4. The lowest BCUT2D eigenvalue weighted by Crippen LogP contribution is -2.30. The number of nitrogens with one attached hydrogen (secondary N) is 2. The van der Waals surface area contributed by atoms with E-state index in [4.69, 9.17) is 31.0 Å². The van der Waals surface area contributed by atoms with E-state index >= 15 is 0 Å². The second-order valence-electron chi connectivity index (χ2n) is 8.49. The van der Waals surface area contributed by atoms with Gasteiger partial charge >= 0.3 is 0 Å². The molecule has 9 heteroatoms. The zero-order valence-corrected chi connectivity index (χ0v) is 21.3. The molecule has 0 saturated heterocycles. The number of rotatable bonds is 10. The molecule has 3 aromatic carbocycles. The van der Waals surface area contributed by atoms with E-state index in [1.807, 2.05) is 67.7 Å². The van der Waals surface area contributed by atoms with Crippen molar-refractivity contribution in [2.45, 2.75) is 19.8 Å². The Kier molecular flexibility index (Phi) is 7.18. The molecule has 1 aromatic heterocycles. The minimum Gasteiger partial charge on any atom is -0.493 e. The Morgan fingerprint density at radius 1 is 1.03 bits per heavy atom. The Balaban J connectivity index is 1.61. The molecule has 37 heavy (non-hydrogen) atoms. The average molecular weight is 516 g/mol. The summed E-state index contributed by atoms with van der Waals surface area (Å²) >= 11 is 5.85. The quantitative estimate of drug-likeness (QED) is 0.295. The summed E-state index contributed by atoms with van der Waals surface area (Å²) in [6, 6.07) is 17.1. The van der Waals surface area contributed by atoms with Crippen LogP contribution < -0.4 is 30.7 Å². The van der Waals surface area contributed by atoms with Gasteiger partial charge in [0.15, 0.2) is 17.3 Å². The normalized spacial score (nSPS) is 11.5. The first-order chi connectivity index (χ1) is 18.1. The number of amides is 1. The number of ether oxygens (including phenoxy) is 2. The predicted molar refractivity (Wildman–Crippen MR) is 146 cm³/mol. The molecule has 0 saturated carbocycles. The predicted octanol–water partition coefficient (Wildman–Crippen LogP) is 4.78. The molecule has 0 atom stereocenters. The van der Waals surface area contributed by atoms with Crippen LogP contribution in [0.1, 0.15) is 19.8 Å². The third-order valence-electron chi connectivity index (χ3n) is 5.83.